The van der Waals surface area contributed by atoms with E-state index < -0.39 is 18.3 Å². The Morgan fingerprint density at radius 1 is 1.31 bits per heavy atom. The van der Waals surface area contributed by atoms with Gasteiger partial charge in [-0.1, -0.05) is 0 Å². The van der Waals surface area contributed by atoms with Gasteiger partial charge in [0.25, 0.3) is 0 Å². The SMILES string of the molecule is CN=CN(CCF)c1cc(F)c(C)c(F)c1. The van der Waals surface area contributed by atoms with Crippen LogP contribution in [0.2, 0.25) is 0 Å². The van der Waals surface area contributed by atoms with Crippen molar-refractivity contribution in [3.63, 3.8) is 0 Å². The molecule has 0 aliphatic carbocycles. The largest absolute Gasteiger partial charge is 0.330 e. The van der Waals surface area contributed by atoms with Gasteiger partial charge in [-0.05, 0) is 19.1 Å². The maximum atomic E-state index is 13.3. The highest BCUT2D eigenvalue weighted by Crippen LogP contribution is 2.20. The Morgan fingerprint density at radius 3 is 2.31 bits per heavy atom. The van der Waals surface area contributed by atoms with E-state index in [1.807, 2.05) is 0 Å². The van der Waals surface area contributed by atoms with Crippen molar-refractivity contribution >= 4 is 12.0 Å². The van der Waals surface area contributed by atoms with Gasteiger partial charge >= 0.3 is 0 Å². The highest BCUT2D eigenvalue weighted by Gasteiger charge is 2.10. The summed E-state index contributed by atoms with van der Waals surface area (Å²) in [4.78, 5) is 5.05. The zero-order valence-electron chi connectivity index (χ0n) is 9.17. The molecular formula is C11H13F3N2. The molecule has 0 heterocycles. The van der Waals surface area contributed by atoms with Gasteiger partial charge in [-0.15, -0.1) is 0 Å². The smallest absolute Gasteiger partial charge is 0.131 e. The number of alkyl halides is 1. The van der Waals surface area contributed by atoms with Gasteiger partial charge in [0.2, 0.25) is 0 Å². The molecule has 1 aromatic rings. The lowest BCUT2D eigenvalue weighted by atomic mass is 10.2. The molecule has 88 valence electrons. The van der Waals surface area contributed by atoms with Gasteiger partial charge in [0.05, 0.1) is 12.9 Å². The summed E-state index contributed by atoms with van der Waals surface area (Å²) >= 11 is 0. The van der Waals surface area contributed by atoms with Crippen LogP contribution in [0.3, 0.4) is 0 Å². The van der Waals surface area contributed by atoms with Crippen LogP contribution in [0.5, 0.6) is 0 Å². The topological polar surface area (TPSA) is 15.6 Å². The average molecular weight is 230 g/mol. The van der Waals surface area contributed by atoms with Gasteiger partial charge in [-0.25, -0.2) is 13.2 Å². The molecule has 0 bridgehead atoms. The summed E-state index contributed by atoms with van der Waals surface area (Å²) < 4.78 is 38.8. The van der Waals surface area contributed by atoms with Crippen molar-refractivity contribution in [3.8, 4) is 0 Å². The first-order chi connectivity index (χ1) is 7.60. The molecule has 0 aromatic heterocycles. The van der Waals surface area contributed by atoms with Gasteiger partial charge in [-0.2, -0.15) is 0 Å². The van der Waals surface area contributed by atoms with Crippen LogP contribution in [0.4, 0.5) is 18.9 Å². The molecule has 1 rings (SSSR count). The first-order valence-electron chi connectivity index (χ1n) is 4.80. The van der Waals surface area contributed by atoms with Crippen LogP contribution >= 0.6 is 0 Å². The molecular weight excluding hydrogens is 217 g/mol. The molecule has 1 aromatic carbocycles. The molecule has 0 unspecified atom stereocenters. The van der Waals surface area contributed by atoms with Crippen LogP contribution in [0.25, 0.3) is 0 Å². The lowest BCUT2D eigenvalue weighted by Crippen LogP contribution is -2.24. The zero-order valence-corrected chi connectivity index (χ0v) is 9.17. The third kappa shape index (κ3) is 2.74. The zero-order chi connectivity index (χ0) is 12.1. The molecule has 5 heteroatoms. The van der Waals surface area contributed by atoms with Crippen LogP contribution in [-0.4, -0.2) is 26.6 Å². The van der Waals surface area contributed by atoms with Crippen molar-refractivity contribution in [1.82, 2.24) is 0 Å². The van der Waals surface area contributed by atoms with Crippen molar-refractivity contribution in [2.75, 3.05) is 25.2 Å². The highest BCUT2D eigenvalue weighted by atomic mass is 19.1. The fourth-order valence-corrected chi connectivity index (χ4v) is 1.28. The summed E-state index contributed by atoms with van der Waals surface area (Å²) in [6.07, 6.45) is 1.34. The Kier molecular flexibility index (Phi) is 4.34. The molecule has 0 saturated carbocycles. The minimum Gasteiger partial charge on any atom is -0.330 e. The van der Waals surface area contributed by atoms with Crippen LogP contribution < -0.4 is 4.90 Å². The number of nitrogens with zero attached hydrogens (tertiary/aromatic N) is 2. The van der Waals surface area contributed by atoms with Crippen LogP contribution in [0.15, 0.2) is 17.1 Å². The quantitative estimate of drug-likeness (QED) is 0.573. The van der Waals surface area contributed by atoms with E-state index in [1.54, 1.807) is 0 Å². The highest BCUT2D eigenvalue weighted by molar-refractivity contribution is 5.79. The van der Waals surface area contributed by atoms with Crippen molar-refractivity contribution in [2.45, 2.75) is 6.92 Å². The molecule has 2 nitrogen and oxygen atoms in total. The van der Waals surface area contributed by atoms with E-state index in [0.717, 1.165) is 12.1 Å². The van der Waals surface area contributed by atoms with Gasteiger partial charge in [0, 0.05) is 18.3 Å². The Morgan fingerprint density at radius 2 is 1.88 bits per heavy atom. The Labute approximate surface area is 92.4 Å². The van der Waals surface area contributed by atoms with E-state index in [1.165, 1.54) is 25.2 Å². The van der Waals surface area contributed by atoms with Crippen LogP contribution in [0, 0.1) is 18.6 Å². The number of hydrogen-bond donors (Lipinski definition) is 0. The third-order valence-corrected chi connectivity index (χ3v) is 2.18. The van der Waals surface area contributed by atoms with E-state index >= 15 is 0 Å². The van der Waals surface area contributed by atoms with Gasteiger partial charge in [0.15, 0.2) is 0 Å². The second kappa shape index (κ2) is 5.53. The number of rotatable bonds is 4. The van der Waals surface area contributed by atoms with E-state index in [9.17, 15) is 13.2 Å². The minimum absolute atomic E-state index is 0.0132. The summed E-state index contributed by atoms with van der Waals surface area (Å²) in [5.41, 5.74) is 0.209. The number of benzene rings is 1. The van der Waals surface area contributed by atoms with Crippen molar-refractivity contribution in [2.24, 2.45) is 4.99 Å². The number of halogens is 3. The predicted molar refractivity (Wildman–Crippen MR) is 58.8 cm³/mol. The van der Waals surface area contributed by atoms with Crippen molar-refractivity contribution in [1.29, 1.82) is 0 Å². The van der Waals surface area contributed by atoms with E-state index in [-0.39, 0.29) is 17.8 Å². The second-order valence-corrected chi connectivity index (χ2v) is 3.29. The van der Waals surface area contributed by atoms with Gasteiger partial charge in [0.1, 0.15) is 18.3 Å². The molecule has 0 saturated heterocycles. The lowest BCUT2D eigenvalue weighted by molar-refractivity contribution is 0.503. The van der Waals surface area contributed by atoms with Crippen LogP contribution in [0.1, 0.15) is 5.56 Å². The molecule has 0 amide bonds. The number of aliphatic imine (C=N–C) groups is 1. The molecule has 0 aliphatic rings. The molecule has 0 radical (unpaired) electrons. The molecule has 0 aliphatic heterocycles. The Bertz CT molecular complexity index is 368. The number of hydrogen-bond acceptors (Lipinski definition) is 1. The van der Waals surface area contributed by atoms with Crippen molar-refractivity contribution in [3.05, 3.63) is 29.3 Å². The third-order valence-electron chi connectivity index (χ3n) is 2.18. The molecule has 0 fully saturated rings. The first-order valence-corrected chi connectivity index (χ1v) is 4.80. The van der Waals surface area contributed by atoms with E-state index in [0.29, 0.717) is 0 Å². The summed E-state index contributed by atoms with van der Waals surface area (Å²) in [6.45, 7) is 0.740. The second-order valence-electron chi connectivity index (χ2n) is 3.29. The Hall–Kier alpha value is -1.52. The van der Waals surface area contributed by atoms with Crippen molar-refractivity contribution < 1.29 is 13.2 Å². The average Bonchev–Trinajstić information content (AvgIpc) is 2.25. The molecule has 16 heavy (non-hydrogen) atoms. The molecule has 0 N–H and O–H groups in total. The maximum Gasteiger partial charge on any atom is 0.131 e. The van der Waals surface area contributed by atoms with E-state index in [4.69, 9.17) is 0 Å². The fraction of sp³-hybridized carbons (Fsp3) is 0.364. The van der Waals surface area contributed by atoms with E-state index in [2.05, 4.69) is 4.99 Å². The van der Waals surface area contributed by atoms with Crippen LogP contribution in [-0.2, 0) is 0 Å². The maximum absolute atomic E-state index is 13.3. The molecule has 0 atom stereocenters. The monoisotopic (exact) mass is 230 g/mol. The fourth-order valence-electron chi connectivity index (χ4n) is 1.28. The van der Waals surface area contributed by atoms with Gasteiger partial charge < -0.3 is 4.90 Å². The summed E-state index contributed by atoms with van der Waals surface area (Å²) in [6, 6.07) is 2.32. The summed E-state index contributed by atoms with van der Waals surface area (Å²) in [5.74, 6) is -1.30. The minimum atomic E-state index is -0.650. The Balaban J connectivity index is 3.09. The van der Waals surface area contributed by atoms with Gasteiger partial charge in [-0.3, -0.25) is 4.99 Å². The molecule has 0 spiro atoms. The predicted octanol–water partition coefficient (Wildman–Crippen LogP) is 2.71. The number of anilines is 1. The summed E-state index contributed by atoms with van der Waals surface area (Å²) in [5, 5.41) is 0. The lowest BCUT2D eigenvalue weighted by Gasteiger charge is -2.18. The standard InChI is InChI=1S/C11H13F3N2/c1-8-10(13)5-9(6-11(8)14)16(4-3-12)7-15-2/h5-7H,3-4H2,1-2H3. The summed E-state index contributed by atoms with van der Waals surface area (Å²) in [7, 11) is 1.51. The first kappa shape index (κ1) is 12.5. The normalized spacial score (nSPS) is 11.1.